The van der Waals surface area contributed by atoms with Crippen LogP contribution in [0.15, 0.2) is 42.5 Å². The molecule has 0 aliphatic heterocycles. The van der Waals surface area contributed by atoms with Crippen molar-refractivity contribution in [1.82, 2.24) is 10.3 Å². The van der Waals surface area contributed by atoms with E-state index in [1.54, 1.807) is 30.3 Å². The van der Waals surface area contributed by atoms with Gasteiger partial charge in [0.05, 0.1) is 16.8 Å². The van der Waals surface area contributed by atoms with Gasteiger partial charge in [-0.3, -0.25) is 10.1 Å². The highest BCUT2D eigenvalue weighted by Crippen LogP contribution is 2.26. The van der Waals surface area contributed by atoms with Gasteiger partial charge in [0.25, 0.3) is 5.91 Å². The van der Waals surface area contributed by atoms with Crippen LogP contribution >= 0.6 is 23.6 Å². The number of thiazole rings is 1. The van der Waals surface area contributed by atoms with Crippen molar-refractivity contribution in [3.63, 3.8) is 0 Å². The third-order valence-electron chi connectivity index (χ3n) is 3.23. The van der Waals surface area contributed by atoms with Gasteiger partial charge in [0.1, 0.15) is 11.6 Å². The maximum Gasteiger partial charge on any atom is 0.257 e. The Morgan fingerprint density at radius 3 is 2.76 bits per heavy atom. The summed E-state index contributed by atoms with van der Waals surface area (Å²) in [4.78, 5) is 16.5. The normalized spacial score (nSPS) is 10.5. The fourth-order valence-electron chi connectivity index (χ4n) is 2.12. The van der Waals surface area contributed by atoms with Crippen LogP contribution in [0.2, 0.25) is 0 Å². The van der Waals surface area contributed by atoms with Crippen molar-refractivity contribution >= 4 is 49.9 Å². The first-order valence-corrected chi connectivity index (χ1v) is 8.69. The minimum Gasteiger partial charge on any atom is -0.494 e. The van der Waals surface area contributed by atoms with E-state index in [-0.39, 0.29) is 16.8 Å². The Labute approximate surface area is 152 Å². The van der Waals surface area contributed by atoms with Crippen molar-refractivity contribution in [2.24, 2.45) is 0 Å². The summed E-state index contributed by atoms with van der Waals surface area (Å²) in [6.45, 7) is 2.45. The van der Waals surface area contributed by atoms with E-state index >= 15 is 0 Å². The highest BCUT2D eigenvalue weighted by atomic mass is 32.1. The van der Waals surface area contributed by atoms with Gasteiger partial charge in [-0.1, -0.05) is 11.3 Å². The number of aromatic nitrogens is 1. The lowest BCUT2D eigenvalue weighted by molar-refractivity contribution is 0.0977. The van der Waals surface area contributed by atoms with Crippen LogP contribution in [0.3, 0.4) is 0 Å². The molecule has 0 aliphatic rings. The number of fused-ring (bicyclic) bond motifs is 1. The number of nitrogens with zero attached hydrogens (tertiary/aromatic N) is 1. The lowest BCUT2D eigenvalue weighted by atomic mass is 10.2. The van der Waals surface area contributed by atoms with Gasteiger partial charge in [-0.2, -0.15) is 0 Å². The van der Waals surface area contributed by atoms with Crippen LogP contribution in [-0.4, -0.2) is 22.6 Å². The fraction of sp³-hybridized carbons (Fsp3) is 0.118. The first kappa shape index (κ1) is 17.2. The van der Waals surface area contributed by atoms with Crippen LogP contribution in [0.25, 0.3) is 10.2 Å². The zero-order chi connectivity index (χ0) is 17.8. The average Bonchev–Trinajstić information content (AvgIpc) is 2.96. The molecule has 3 rings (SSSR count). The number of benzene rings is 2. The highest BCUT2D eigenvalue weighted by Gasteiger charge is 2.10. The number of amides is 1. The summed E-state index contributed by atoms with van der Waals surface area (Å²) in [5.74, 6) is 0.0308. The van der Waals surface area contributed by atoms with E-state index in [1.165, 1.54) is 23.5 Å². The monoisotopic (exact) mass is 375 g/mol. The van der Waals surface area contributed by atoms with Crippen LogP contribution in [-0.2, 0) is 0 Å². The maximum atomic E-state index is 13.2. The number of thiocarbonyl (C=S) groups is 1. The Balaban J connectivity index is 1.63. The molecule has 128 valence electrons. The van der Waals surface area contributed by atoms with Crippen LogP contribution in [0.5, 0.6) is 5.75 Å². The van der Waals surface area contributed by atoms with Gasteiger partial charge in [-0.25, -0.2) is 9.37 Å². The largest absolute Gasteiger partial charge is 0.494 e. The molecule has 0 unspecified atom stereocenters. The molecule has 3 aromatic rings. The molecule has 0 spiro atoms. The lowest BCUT2D eigenvalue weighted by Crippen LogP contribution is -2.34. The Morgan fingerprint density at radius 1 is 1.28 bits per heavy atom. The van der Waals surface area contributed by atoms with Crippen LogP contribution in [0.1, 0.15) is 17.3 Å². The second-order valence-corrected chi connectivity index (χ2v) is 6.44. The summed E-state index contributed by atoms with van der Waals surface area (Å²) in [6, 6.07) is 11.1. The van der Waals surface area contributed by atoms with E-state index in [1.807, 2.05) is 6.92 Å². The molecule has 0 aliphatic carbocycles. The SMILES string of the molecule is CCOc1ccc(C(=O)NC(=S)Nc2nc3ccc(F)cc3s2)cc1. The minimum absolute atomic E-state index is 0.124. The smallest absolute Gasteiger partial charge is 0.257 e. The third-order valence-corrected chi connectivity index (χ3v) is 4.36. The molecular weight excluding hydrogens is 361 g/mol. The number of ether oxygens (including phenoxy) is 1. The van der Waals surface area contributed by atoms with E-state index < -0.39 is 0 Å². The number of anilines is 1. The molecule has 5 nitrogen and oxygen atoms in total. The first-order valence-electron chi connectivity index (χ1n) is 7.46. The van der Waals surface area contributed by atoms with Crippen LogP contribution < -0.4 is 15.4 Å². The molecule has 0 atom stereocenters. The lowest BCUT2D eigenvalue weighted by Gasteiger charge is -2.08. The number of halogens is 1. The van der Waals surface area contributed by atoms with Crippen molar-refractivity contribution in [3.05, 3.63) is 53.8 Å². The van der Waals surface area contributed by atoms with Crippen molar-refractivity contribution < 1.29 is 13.9 Å². The van der Waals surface area contributed by atoms with Gasteiger partial charge in [0, 0.05) is 5.56 Å². The van der Waals surface area contributed by atoms with Gasteiger partial charge in [0.2, 0.25) is 0 Å². The molecule has 2 aromatic carbocycles. The molecule has 25 heavy (non-hydrogen) atoms. The van der Waals surface area contributed by atoms with E-state index in [0.717, 1.165) is 0 Å². The first-order chi connectivity index (χ1) is 12.0. The number of carbonyl (C=O) groups is 1. The molecule has 1 heterocycles. The van der Waals surface area contributed by atoms with Gasteiger partial charge < -0.3 is 10.1 Å². The summed E-state index contributed by atoms with van der Waals surface area (Å²) in [6.07, 6.45) is 0. The molecule has 2 N–H and O–H groups in total. The number of hydrogen-bond donors (Lipinski definition) is 2. The third kappa shape index (κ3) is 4.28. The van der Waals surface area contributed by atoms with Crippen molar-refractivity contribution in [3.8, 4) is 5.75 Å². The van der Waals surface area contributed by atoms with E-state index in [9.17, 15) is 9.18 Å². The van der Waals surface area contributed by atoms with Gasteiger partial charge in [-0.15, -0.1) is 0 Å². The molecule has 8 heteroatoms. The average molecular weight is 375 g/mol. The predicted octanol–water partition coefficient (Wildman–Crippen LogP) is 3.96. The van der Waals surface area contributed by atoms with Crippen molar-refractivity contribution in [1.29, 1.82) is 0 Å². The maximum absolute atomic E-state index is 13.2. The highest BCUT2D eigenvalue weighted by molar-refractivity contribution is 7.80. The summed E-state index contributed by atoms with van der Waals surface area (Å²) in [5.41, 5.74) is 1.12. The fourth-order valence-corrected chi connectivity index (χ4v) is 3.27. The van der Waals surface area contributed by atoms with E-state index in [4.69, 9.17) is 17.0 Å². The summed E-state index contributed by atoms with van der Waals surface area (Å²) < 4.78 is 19.2. The standard InChI is InChI=1S/C17H14FN3O2S2/c1-2-23-12-6-3-10(4-7-12)15(22)20-16(24)21-17-19-13-8-5-11(18)9-14(13)25-17/h3-9H,2H2,1H3,(H2,19,20,21,22,24). The molecular formula is C17H14FN3O2S2. The Morgan fingerprint density at radius 2 is 2.04 bits per heavy atom. The van der Waals surface area contributed by atoms with Crippen molar-refractivity contribution in [2.45, 2.75) is 6.92 Å². The molecule has 0 radical (unpaired) electrons. The summed E-state index contributed by atoms with van der Waals surface area (Å²) in [7, 11) is 0. The molecule has 0 fully saturated rings. The Bertz CT molecular complexity index is 925. The second kappa shape index (κ2) is 7.54. The van der Waals surface area contributed by atoms with Crippen LogP contribution in [0, 0.1) is 5.82 Å². The summed E-state index contributed by atoms with van der Waals surface area (Å²) in [5, 5.41) is 6.04. The topological polar surface area (TPSA) is 63.2 Å². The number of nitrogens with one attached hydrogen (secondary N) is 2. The van der Waals surface area contributed by atoms with Gasteiger partial charge in [0.15, 0.2) is 10.2 Å². The minimum atomic E-state index is -0.340. The number of hydrogen-bond acceptors (Lipinski definition) is 5. The predicted molar refractivity (Wildman–Crippen MR) is 101 cm³/mol. The van der Waals surface area contributed by atoms with Crippen molar-refractivity contribution in [2.75, 3.05) is 11.9 Å². The van der Waals surface area contributed by atoms with E-state index in [2.05, 4.69) is 15.6 Å². The van der Waals surface area contributed by atoms with Gasteiger partial charge in [-0.05, 0) is 61.6 Å². The molecule has 1 aromatic heterocycles. The van der Waals surface area contributed by atoms with Crippen LogP contribution in [0.4, 0.5) is 9.52 Å². The number of carbonyl (C=O) groups excluding carboxylic acids is 1. The second-order valence-electron chi connectivity index (χ2n) is 5.00. The zero-order valence-corrected chi connectivity index (χ0v) is 14.8. The number of rotatable bonds is 4. The summed E-state index contributed by atoms with van der Waals surface area (Å²) >= 11 is 6.39. The Kier molecular flexibility index (Phi) is 5.20. The zero-order valence-electron chi connectivity index (χ0n) is 13.2. The molecule has 0 bridgehead atoms. The van der Waals surface area contributed by atoms with Gasteiger partial charge >= 0.3 is 0 Å². The molecule has 1 amide bonds. The molecule has 0 saturated carbocycles. The van der Waals surface area contributed by atoms with E-state index in [0.29, 0.717) is 33.3 Å². The quantitative estimate of drug-likeness (QED) is 0.676. The Hall–Kier alpha value is -2.58. The molecule has 0 saturated heterocycles.